The fourth-order valence-corrected chi connectivity index (χ4v) is 3.97. The third-order valence-corrected chi connectivity index (χ3v) is 5.81. The van der Waals surface area contributed by atoms with Crippen LogP contribution in [0.4, 0.5) is 5.69 Å². The molecule has 0 atom stereocenters. The van der Waals surface area contributed by atoms with E-state index in [1.807, 2.05) is 37.3 Å². The van der Waals surface area contributed by atoms with Crippen LogP contribution in [-0.2, 0) is 4.74 Å². The van der Waals surface area contributed by atoms with Gasteiger partial charge in [-0.1, -0.05) is 41.9 Å². The zero-order valence-corrected chi connectivity index (χ0v) is 18.0. The highest BCUT2D eigenvalue weighted by molar-refractivity contribution is 6.29. The number of aromatic nitrogens is 1. The van der Waals surface area contributed by atoms with E-state index in [4.69, 9.17) is 16.3 Å². The average Bonchev–Trinajstić information content (AvgIpc) is 2.79. The minimum atomic E-state index is -0.363. The Morgan fingerprint density at radius 1 is 1.03 bits per heavy atom. The van der Waals surface area contributed by atoms with Crippen LogP contribution in [0.3, 0.4) is 0 Å². The van der Waals surface area contributed by atoms with Gasteiger partial charge in [-0.2, -0.15) is 0 Å². The lowest BCUT2D eigenvalue weighted by molar-refractivity contribution is 0.0642. The minimum Gasteiger partial charge on any atom is -0.381 e. The van der Waals surface area contributed by atoms with E-state index in [0.29, 0.717) is 36.9 Å². The molecule has 0 saturated carbocycles. The van der Waals surface area contributed by atoms with Crippen LogP contribution in [0, 0.1) is 12.8 Å². The molecular weight excluding hydrogens is 414 g/mol. The molecule has 2 heterocycles. The summed E-state index contributed by atoms with van der Waals surface area (Å²) < 4.78 is 5.36. The van der Waals surface area contributed by atoms with Crippen LogP contribution in [0.2, 0.25) is 5.15 Å². The zero-order valence-electron chi connectivity index (χ0n) is 17.3. The summed E-state index contributed by atoms with van der Waals surface area (Å²) in [6, 6.07) is 14.6. The molecule has 3 aromatic rings. The number of aryl methyl sites for hydroxylation is 1. The van der Waals surface area contributed by atoms with E-state index in [-0.39, 0.29) is 22.7 Å². The third-order valence-electron chi connectivity index (χ3n) is 5.60. The molecular formula is C24H24ClN3O3. The molecule has 6 nitrogen and oxygen atoms in total. The number of benzene rings is 2. The Balaban J connectivity index is 1.55. The predicted molar refractivity (Wildman–Crippen MR) is 122 cm³/mol. The number of nitrogens with one attached hydrogen (secondary N) is 2. The smallest absolute Gasteiger partial charge is 0.272 e. The summed E-state index contributed by atoms with van der Waals surface area (Å²) in [6.07, 6.45) is 1.82. The zero-order chi connectivity index (χ0) is 21.8. The van der Waals surface area contributed by atoms with Crippen LogP contribution in [-0.4, -0.2) is 36.6 Å². The molecule has 1 fully saturated rings. The number of carbonyl (C=O) groups excluding carboxylic acids is 2. The second-order valence-electron chi connectivity index (χ2n) is 7.73. The van der Waals surface area contributed by atoms with Crippen molar-refractivity contribution in [3.05, 3.63) is 70.5 Å². The summed E-state index contributed by atoms with van der Waals surface area (Å²) in [5.74, 6) is -0.300. The Morgan fingerprint density at radius 2 is 1.77 bits per heavy atom. The summed E-state index contributed by atoms with van der Waals surface area (Å²) in [5.41, 5.74) is 2.05. The SMILES string of the molecule is Cc1ccc(C(=O)Nc2ccc(Cl)nc2C(=O)NCC2CCOCC2)c2ccccc12. The molecule has 0 bridgehead atoms. The summed E-state index contributed by atoms with van der Waals surface area (Å²) in [5, 5.41) is 7.82. The van der Waals surface area contributed by atoms with Crippen molar-refractivity contribution in [2.75, 3.05) is 25.1 Å². The first-order valence-electron chi connectivity index (χ1n) is 10.3. The van der Waals surface area contributed by atoms with Crippen molar-refractivity contribution >= 4 is 39.9 Å². The van der Waals surface area contributed by atoms with Gasteiger partial charge >= 0.3 is 0 Å². The van der Waals surface area contributed by atoms with Gasteiger partial charge in [0, 0.05) is 25.3 Å². The fraction of sp³-hybridized carbons (Fsp3) is 0.292. The largest absolute Gasteiger partial charge is 0.381 e. The maximum absolute atomic E-state index is 13.1. The van der Waals surface area contributed by atoms with Gasteiger partial charge in [0.2, 0.25) is 0 Å². The van der Waals surface area contributed by atoms with Gasteiger partial charge in [0.15, 0.2) is 5.69 Å². The number of fused-ring (bicyclic) bond motifs is 1. The van der Waals surface area contributed by atoms with Gasteiger partial charge in [-0.15, -0.1) is 0 Å². The standard InChI is InChI=1S/C24H24ClN3O3/c1-15-6-7-19(18-5-3-2-4-17(15)18)23(29)27-20-8-9-21(25)28-22(20)24(30)26-14-16-10-12-31-13-11-16/h2-9,16H,10-14H2,1H3,(H,26,30)(H,27,29). The Kier molecular flexibility index (Phi) is 6.49. The molecule has 2 N–H and O–H groups in total. The molecule has 1 aliphatic rings. The highest BCUT2D eigenvalue weighted by atomic mass is 35.5. The molecule has 0 unspecified atom stereocenters. The van der Waals surface area contributed by atoms with Gasteiger partial charge in [-0.25, -0.2) is 4.98 Å². The van der Waals surface area contributed by atoms with Crippen LogP contribution in [0.1, 0.15) is 39.3 Å². The molecule has 2 aromatic carbocycles. The second kappa shape index (κ2) is 9.45. The summed E-state index contributed by atoms with van der Waals surface area (Å²) in [4.78, 5) is 30.1. The third kappa shape index (κ3) is 4.86. The average molecular weight is 438 g/mol. The molecule has 2 amide bonds. The lowest BCUT2D eigenvalue weighted by atomic mass is 10.00. The van der Waals surface area contributed by atoms with E-state index < -0.39 is 0 Å². The maximum Gasteiger partial charge on any atom is 0.272 e. The number of amides is 2. The number of nitrogens with zero attached hydrogens (tertiary/aromatic N) is 1. The van der Waals surface area contributed by atoms with Gasteiger partial charge in [0.25, 0.3) is 11.8 Å². The molecule has 4 rings (SSSR count). The second-order valence-corrected chi connectivity index (χ2v) is 8.11. The van der Waals surface area contributed by atoms with Crippen LogP contribution in [0.25, 0.3) is 10.8 Å². The van der Waals surface area contributed by atoms with Gasteiger partial charge in [0.05, 0.1) is 5.69 Å². The number of halogens is 1. The van der Waals surface area contributed by atoms with Gasteiger partial charge in [-0.05, 0) is 60.2 Å². The van der Waals surface area contributed by atoms with Crippen molar-refractivity contribution in [1.29, 1.82) is 0 Å². The molecule has 0 radical (unpaired) electrons. The fourth-order valence-electron chi connectivity index (χ4n) is 3.82. The van der Waals surface area contributed by atoms with Crippen molar-refractivity contribution in [3.63, 3.8) is 0 Å². The van der Waals surface area contributed by atoms with Crippen molar-refractivity contribution in [2.45, 2.75) is 19.8 Å². The van der Waals surface area contributed by atoms with Crippen molar-refractivity contribution < 1.29 is 14.3 Å². The Labute approximate surface area is 186 Å². The summed E-state index contributed by atoms with van der Waals surface area (Å²) >= 11 is 6.04. The van der Waals surface area contributed by atoms with Gasteiger partial charge in [-0.3, -0.25) is 9.59 Å². The van der Waals surface area contributed by atoms with Crippen LogP contribution in [0.15, 0.2) is 48.5 Å². The van der Waals surface area contributed by atoms with E-state index in [1.54, 1.807) is 18.2 Å². The number of anilines is 1. The highest BCUT2D eigenvalue weighted by Gasteiger charge is 2.20. The lowest BCUT2D eigenvalue weighted by Crippen LogP contribution is -2.33. The van der Waals surface area contributed by atoms with E-state index in [0.717, 1.165) is 29.2 Å². The maximum atomic E-state index is 13.1. The summed E-state index contributed by atoms with van der Waals surface area (Å²) in [7, 11) is 0. The van der Waals surface area contributed by atoms with Crippen molar-refractivity contribution in [2.24, 2.45) is 5.92 Å². The van der Waals surface area contributed by atoms with Crippen LogP contribution < -0.4 is 10.6 Å². The molecule has 31 heavy (non-hydrogen) atoms. The topological polar surface area (TPSA) is 80.3 Å². The Hall–Kier alpha value is -2.96. The van der Waals surface area contributed by atoms with Crippen molar-refractivity contribution in [3.8, 4) is 0 Å². The number of hydrogen-bond acceptors (Lipinski definition) is 4. The number of hydrogen-bond donors (Lipinski definition) is 2. The molecule has 1 saturated heterocycles. The summed E-state index contributed by atoms with van der Waals surface area (Å²) in [6.45, 7) is 3.96. The number of rotatable bonds is 5. The van der Waals surface area contributed by atoms with Crippen LogP contribution >= 0.6 is 11.6 Å². The Bertz CT molecular complexity index is 1130. The first-order valence-corrected chi connectivity index (χ1v) is 10.7. The van der Waals surface area contributed by atoms with Gasteiger partial charge in [0.1, 0.15) is 5.15 Å². The molecule has 7 heteroatoms. The molecule has 0 aliphatic carbocycles. The lowest BCUT2D eigenvalue weighted by Gasteiger charge is -2.22. The number of carbonyl (C=O) groups is 2. The number of pyridine rings is 1. The van der Waals surface area contributed by atoms with E-state index in [1.165, 1.54) is 0 Å². The van der Waals surface area contributed by atoms with Crippen molar-refractivity contribution in [1.82, 2.24) is 10.3 Å². The predicted octanol–water partition coefficient (Wildman–Crippen LogP) is 4.61. The number of ether oxygens (including phenoxy) is 1. The quantitative estimate of drug-likeness (QED) is 0.571. The monoisotopic (exact) mass is 437 g/mol. The first-order chi connectivity index (χ1) is 15.0. The molecule has 1 aliphatic heterocycles. The normalized spacial score (nSPS) is 14.4. The first kappa shape index (κ1) is 21.3. The minimum absolute atomic E-state index is 0.101. The Morgan fingerprint density at radius 3 is 2.55 bits per heavy atom. The van der Waals surface area contributed by atoms with E-state index >= 15 is 0 Å². The highest BCUT2D eigenvalue weighted by Crippen LogP contribution is 2.24. The van der Waals surface area contributed by atoms with Crippen LogP contribution in [0.5, 0.6) is 0 Å². The molecule has 1 aromatic heterocycles. The van der Waals surface area contributed by atoms with E-state index in [2.05, 4.69) is 15.6 Å². The van der Waals surface area contributed by atoms with Gasteiger partial charge < -0.3 is 15.4 Å². The van der Waals surface area contributed by atoms with E-state index in [9.17, 15) is 9.59 Å². The molecule has 160 valence electrons. The molecule has 0 spiro atoms.